The smallest absolute Gasteiger partial charge is 0.115 e. The fourth-order valence-corrected chi connectivity index (χ4v) is 3.48. The van der Waals surface area contributed by atoms with Crippen LogP contribution in [0.3, 0.4) is 0 Å². The Morgan fingerprint density at radius 2 is 2.25 bits per heavy atom. The molecule has 0 N–H and O–H groups in total. The van der Waals surface area contributed by atoms with Crippen molar-refractivity contribution < 1.29 is 0 Å². The minimum atomic E-state index is 0.150. The predicted molar refractivity (Wildman–Crippen MR) is 66.5 cm³/mol. The molecule has 1 heterocycles. The van der Waals surface area contributed by atoms with Crippen molar-refractivity contribution in [3.63, 3.8) is 0 Å². The van der Waals surface area contributed by atoms with Gasteiger partial charge in [-0.05, 0) is 25.0 Å². The van der Waals surface area contributed by atoms with Crippen LogP contribution < -0.4 is 0 Å². The largest absolute Gasteiger partial charge is 0.248 e. The van der Waals surface area contributed by atoms with Gasteiger partial charge in [-0.15, -0.1) is 11.8 Å². The molecule has 0 spiro atoms. The van der Waals surface area contributed by atoms with Crippen molar-refractivity contribution in [1.82, 2.24) is 4.98 Å². The van der Waals surface area contributed by atoms with Crippen LogP contribution in [-0.4, -0.2) is 10.2 Å². The van der Waals surface area contributed by atoms with Crippen LogP contribution in [0, 0.1) is 17.2 Å². The van der Waals surface area contributed by atoms with Gasteiger partial charge in [0.2, 0.25) is 0 Å². The molecule has 0 aromatic carbocycles. The second kappa shape index (κ2) is 5.56. The highest BCUT2D eigenvalue weighted by Gasteiger charge is 2.26. The van der Waals surface area contributed by atoms with Crippen LogP contribution in [-0.2, 0) is 0 Å². The second-order valence-electron chi connectivity index (χ2n) is 3.97. The van der Waals surface area contributed by atoms with Gasteiger partial charge < -0.3 is 0 Å². The molecule has 0 aliphatic heterocycles. The lowest BCUT2D eigenvalue weighted by molar-refractivity contribution is 0.439. The third kappa shape index (κ3) is 2.69. The van der Waals surface area contributed by atoms with Crippen LogP contribution in [0.1, 0.15) is 25.7 Å². The van der Waals surface area contributed by atoms with Gasteiger partial charge >= 0.3 is 0 Å². The van der Waals surface area contributed by atoms with E-state index in [1.54, 1.807) is 18.0 Å². The molecule has 1 aromatic heterocycles. The number of nitriles is 1. The van der Waals surface area contributed by atoms with Crippen molar-refractivity contribution in [1.29, 1.82) is 5.26 Å². The van der Waals surface area contributed by atoms with Gasteiger partial charge in [0.25, 0.3) is 0 Å². The van der Waals surface area contributed by atoms with Crippen molar-refractivity contribution in [3.8, 4) is 6.07 Å². The first-order chi connectivity index (χ1) is 7.81. The molecule has 84 valence electrons. The highest BCUT2D eigenvalue weighted by atomic mass is 35.5. The van der Waals surface area contributed by atoms with Crippen LogP contribution in [0.5, 0.6) is 0 Å². The Balaban J connectivity index is 2.09. The van der Waals surface area contributed by atoms with Crippen molar-refractivity contribution in [3.05, 3.63) is 23.4 Å². The molecule has 0 amide bonds. The molecule has 1 aromatic rings. The molecule has 2 unspecified atom stereocenters. The lowest BCUT2D eigenvalue weighted by Crippen LogP contribution is -2.20. The third-order valence-electron chi connectivity index (χ3n) is 2.86. The molecule has 2 nitrogen and oxygen atoms in total. The van der Waals surface area contributed by atoms with Crippen molar-refractivity contribution in [2.45, 2.75) is 36.0 Å². The molecule has 2 atom stereocenters. The summed E-state index contributed by atoms with van der Waals surface area (Å²) >= 11 is 7.73. The summed E-state index contributed by atoms with van der Waals surface area (Å²) in [6.45, 7) is 0. The van der Waals surface area contributed by atoms with Gasteiger partial charge in [-0.1, -0.05) is 24.4 Å². The number of rotatable bonds is 2. The molecule has 1 saturated carbocycles. The minimum absolute atomic E-state index is 0.150. The quantitative estimate of drug-likeness (QED) is 0.801. The standard InChI is InChI=1S/C12H13ClN2S/c13-10-5-3-7-15-12(10)16-11-6-2-1-4-9(11)8-14/h3,5,7,9,11H,1-2,4,6H2. The zero-order valence-corrected chi connectivity index (χ0v) is 10.5. The number of nitrogens with zero attached hydrogens (tertiary/aromatic N) is 2. The van der Waals surface area contributed by atoms with Crippen LogP contribution >= 0.6 is 23.4 Å². The monoisotopic (exact) mass is 252 g/mol. The van der Waals surface area contributed by atoms with Gasteiger partial charge in [-0.3, -0.25) is 0 Å². The molecule has 0 bridgehead atoms. The van der Waals surface area contributed by atoms with Crippen molar-refractivity contribution >= 4 is 23.4 Å². The fraction of sp³-hybridized carbons (Fsp3) is 0.500. The summed E-state index contributed by atoms with van der Waals surface area (Å²) in [5.74, 6) is 0.150. The van der Waals surface area contributed by atoms with Crippen LogP contribution in [0.15, 0.2) is 23.4 Å². The lowest BCUT2D eigenvalue weighted by Gasteiger charge is -2.25. The zero-order chi connectivity index (χ0) is 11.4. The summed E-state index contributed by atoms with van der Waals surface area (Å²) in [5, 5.41) is 11.0. The Hall–Kier alpha value is -0.720. The molecular weight excluding hydrogens is 240 g/mol. The average molecular weight is 253 g/mol. The molecule has 1 aliphatic rings. The van der Waals surface area contributed by atoms with E-state index in [0.29, 0.717) is 10.3 Å². The first kappa shape index (κ1) is 11.8. The summed E-state index contributed by atoms with van der Waals surface area (Å²) in [4.78, 5) is 4.26. The number of pyridine rings is 1. The van der Waals surface area contributed by atoms with Crippen LogP contribution in [0.25, 0.3) is 0 Å². The van der Waals surface area contributed by atoms with E-state index in [9.17, 15) is 0 Å². The Kier molecular flexibility index (Phi) is 4.09. The number of hydrogen-bond donors (Lipinski definition) is 0. The van der Waals surface area contributed by atoms with Gasteiger partial charge in [0.15, 0.2) is 0 Å². The third-order valence-corrected chi connectivity index (χ3v) is 4.69. The highest BCUT2D eigenvalue weighted by molar-refractivity contribution is 8.00. The summed E-state index contributed by atoms with van der Waals surface area (Å²) in [5.41, 5.74) is 0. The van der Waals surface area contributed by atoms with Crippen LogP contribution in [0.4, 0.5) is 0 Å². The maximum atomic E-state index is 9.09. The molecular formula is C12H13ClN2S. The van der Waals surface area contributed by atoms with Crippen molar-refractivity contribution in [2.75, 3.05) is 0 Å². The number of aromatic nitrogens is 1. The van der Waals surface area contributed by atoms with Gasteiger partial charge in [0.05, 0.1) is 17.0 Å². The molecule has 16 heavy (non-hydrogen) atoms. The maximum absolute atomic E-state index is 9.09. The summed E-state index contributed by atoms with van der Waals surface area (Å²) in [6, 6.07) is 6.08. The van der Waals surface area contributed by atoms with Crippen molar-refractivity contribution in [2.24, 2.45) is 5.92 Å². The lowest BCUT2D eigenvalue weighted by atomic mass is 9.90. The molecule has 2 rings (SSSR count). The Morgan fingerprint density at radius 1 is 1.44 bits per heavy atom. The predicted octanol–water partition coefficient (Wildman–Crippen LogP) is 3.91. The maximum Gasteiger partial charge on any atom is 0.115 e. The SMILES string of the molecule is N#CC1CCCCC1Sc1ncccc1Cl. The molecule has 0 saturated heterocycles. The van der Waals surface area contributed by atoms with Crippen LogP contribution in [0.2, 0.25) is 5.02 Å². The molecule has 1 aliphatic carbocycles. The number of thioether (sulfide) groups is 1. The van der Waals surface area contributed by atoms with E-state index < -0.39 is 0 Å². The Morgan fingerprint density at radius 3 is 3.00 bits per heavy atom. The zero-order valence-electron chi connectivity index (χ0n) is 8.90. The van der Waals surface area contributed by atoms with Gasteiger partial charge in [-0.25, -0.2) is 4.98 Å². The fourth-order valence-electron chi connectivity index (χ4n) is 1.99. The van der Waals surface area contributed by atoms with Gasteiger partial charge in [0.1, 0.15) is 5.03 Å². The number of hydrogen-bond acceptors (Lipinski definition) is 3. The molecule has 4 heteroatoms. The normalized spacial score (nSPS) is 25.0. The number of halogens is 1. The van der Waals surface area contributed by atoms with Gasteiger partial charge in [-0.2, -0.15) is 5.26 Å². The van der Waals surface area contributed by atoms with E-state index in [2.05, 4.69) is 11.1 Å². The topological polar surface area (TPSA) is 36.7 Å². The van der Waals surface area contributed by atoms with E-state index in [-0.39, 0.29) is 5.92 Å². The highest BCUT2D eigenvalue weighted by Crippen LogP contribution is 2.38. The summed E-state index contributed by atoms with van der Waals surface area (Å²) in [6.07, 6.45) is 6.23. The minimum Gasteiger partial charge on any atom is -0.248 e. The second-order valence-corrected chi connectivity index (χ2v) is 5.60. The van der Waals surface area contributed by atoms with E-state index in [1.165, 1.54) is 12.8 Å². The van der Waals surface area contributed by atoms with E-state index in [4.69, 9.17) is 16.9 Å². The van der Waals surface area contributed by atoms with E-state index in [0.717, 1.165) is 17.9 Å². The van der Waals surface area contributed by atoms with E-state index >= 15 is 0 Å². The van der Waals surface area contributed by atoms with E-state index in [1.807, 2.05) is 12.1 Å². The molecule has 0 radical (unpaired) electrons. The van der Waals surface area contributed by atoms with Gasteiger partial charge in [0, 0.05) is 11.4 Å². The molecule has 1 fully saturated rings. The first-order valence-electron chi connectivity index (χ1n) is 5.48. The summed E-state index contributed by atoms with van der Waals surface area (Å²) < 4.78 is 0. The Labute approximate surface area is 105 Å². The first-order valence-corrected chi connectivity index (χ1v) is 6.74. The Bertz CT molecular complexity index is 402. The summed E-state index contributed by atoms with van der Waals surface area (Å²) in [7, 11) is 0. The average Bonchev–Trinajstić information content (AvgIpc) is 2.33.